The Hall–Kier alpha value is -2.36. The van der Waals surface area contributed by atoms with Crippen LogP contribution in [0.15, 0.2) is 11.4 Å². The Kier molecular flexibility index (Phi) is 3.82. The van der Waals surface area contributed by atoms with Crippen molar-refractivity contribution in [3.8, 4) is 6.07 Å². The Balaban J connectivity index is 3.22. The predicted molar refractivity (Wildman–Crippen MR) is 54.8 cm³/mol. The highest BCUT2D eigenvalue weighted by molar-refractivity contribution is 6.38. The molecule has 0 spiro atoms. The average molecular weight is 237 g/mol. The molecule has 0 aliphatic carbocycles. The monoisotopic (exact) mass is 237 g/mol. The van der Waals surface area contributed by atoms with Crippen LogP contribution >= 0.6 is 0 Å². The summed E-state index contributed by atoms with van der Waals surface area (Å²) < 4.78 is 4.40. The van der Waals surface area contributed by atoms with E-state index in [0.717, 1.165) is 12.0 Å². The molecule has 7 nitrogen and oxygen atoms in total. The van der Waals surface area contributed by atoms with Crippen LogP contribution in [-0.2, 0) is 19.1 Å². The molecule has 0 saturated carbocycles. The number of esters is 1. The maximum atomic E-state index is 11.5. The van der Waals surface area contributed by atoms with Crippen LogP contribution in [-0.4, -0.2) is 36.3 Å². The smallest absolute Gasteiger partial charge is 0.352 e. The van der Waals surface area contributed by atoms with Gasteiger partial charge in [-0.1, -0.05) is 6.92 Å². The molecule has 1 aliphatic rings. The minimum absolute atomic E-state index is 0.101. The van der Waals surface area contributed by atoms with Crippen LogP contribution in [0.25, 0.3) is 0 Å². The Morgan fingerprint density at radius 1 is 1.53 bits per heavy atom. The largest absolute Gasteiger partial charge is 0.465 e. The number of nitriles is 1. The second-order valence-corrected chi connectivity index (χ2v) is 3.24. The molecule has 0 unspecified atom stereocenters. The third-order valence-corrected chi connectivity index (χ3v) is 2.13. The number of ether oxygens (including phenoxy) is 1. The number of carbonyl (C=O) groups excluding carboxylic acids is 3. The SMILES string of the molecule is CCCN1C(=O)C(=O)N/C1=C(/C#N)C(=O)OC. The number of rotatable bonds is 3. The highest BCUT2D eigenvalue weighted by atomic mass is 16.5. The molecule has 0 bridgehead atoms. The topological polar surface area (TPSA) is 99.5 Å². The summed E-state index contributed by atoms with van der Waals surface area (Å²) in [5.41, 5.74) is -0.389. The van der Waals surface area contributed by atoms with Crippen LogP contribution < -0.4 is 5.32 Å². The third-order valence-electron chi connectivity index (χ3n) is 2.13. The van der Waals surface area contributed by atoms with Gasteiger partial charge in [-0.25, -0.2) is 4.79 Å². The lowest BCUT2D eigenvalue weighted by molar-refractivity contribution is -0.140. The average Bonchev–Trinajstić information content (AvgIpc) is 2.59. The zero-order valence-electron chi connectivity index (χ0n) is 9.44. The molecule has 1 N–H and O–H groups in total. The molecule has 1 saturated heterocycles. The van der Waals surface area contributed by atoms with E-state index in [1.807, 2.05) is 0 Å². The maximum Gasteiger partial charge on any atom is 0.352 e. The molecule has 0 atom stereocenters. The van der Waals surface area contributed by atoms with E-state index in [1.54, 1.807) is 13.0 Å². The van der Waals surface area contributed by atoms with Gasteiger partial charge in [-0.3, -0.25) is 14.5 Å². The van der Waals surface area contributed by atoms with Gasteiger partial charge in [-0.15, -0.1) is 0 Å². The molecule has 0 aromatic heterocycles. The van der Waals surface area contributed by atoms with Gasteiger partial charge in [-0.2, -0.15) is 5.26 Å². The molecule has 1 aliphatic heterocycles. The maximum absolute atomic E-state index is 11.5. The van der Waals surface area contributed by atoms with Crippen LogP contribution in [0.4, 0.5) is 0 Å². The minimum Gasteiger partial charge on any atom is -0.465 e. The number of amides is 2. The molecule has 1 fully saturated rings. The molecular formula is C10H11N3O4. The van der Waals surface area contributed by atoms with Crippen molar-refractivity contribution in [1.82, 2.24) is 10.2 Å². The van der Waals surface area contributed by atoms with Crippen LogP contribution in [0.1, 0.15) is 13.3 Å². The molecule has 17 heavy (non-hydrogen) atoms. The van der Waals surface area contributed by atoms with E-state index >= 15 is 0 Å². The number of hydrogen-bond donors (Lipinski definition) is 1. The van der Waals surface area contributed by atoms with Crippen molar-refractivity contribution < 1.29 is 19.1 Å². The summed E-state index contributed by atoms with van der Waals surface area (Å²) in [5.74, 6) is -2.63. The van der Waals surface area contributed by atoms with Gasteiger partial charge >= 0.3 is 17.8 Å². The normalized spacial score (nSPS) is 17.6. The molecule has 1 rings (SSSR count). The van der Waals surface area contributed by atoms with Gasteiger partial charge in [0.2, 0.25) is 0 Å². The second kappa shape index (κ2) is 5.12. The molecule has 0 aromatic carbocycles. The number of nitrogens with zero attached hydrogens (tertiary/aromatic N) is 2. The van der Waals surface area contributed by atoms with Gasteiger partial charge in [0.15, 0.2) is 5.57 Å². The minimum atomic E-state index is -0.890. The molecule has 0 radical (unpaired) electrons. The Morgan fingerprint density at radius 2 is 2.18 bits per heavy atom. The van der Waals surface area contributed by atoms with E-state index in [9.17, 15) is 14.4 Å². The highest BCUT2D eigenvalue weighted by Gasteiger charge is 2.37. The summed E-state index contributed by atoms with van der Waals surface area (Å²) in [6.45, 7) is 2.05. The van der Waals surface area contributed by atoms with E-state index in [0.29, 0.717) is 6.42 Å². The number of nitrogens with one attached hydrogen (secondary N) is 1. The lowest BCUT2D eigenvalue weighted by Gasteiger charge is -2.15. The van der Waals surface area contributed by atoms with Gasteiger partial charge in [0, 0.05) is 6.54 Å². The molecule has 1 heterocycles. The quantitative estimate of drug-likeness (QED) is 0.302. The molecular weight excluding hydrogens is 226 g/mol. The van der Waals surface area contributed by atoms with Gasteiger partial charge in [0.1, 0.15) is 11.9 Å². The van der Waals surface area contributed by atoms with Crippen LogP contribution in [0, 0.1) is 11.3 Å². The first-order valence-electron chi connectivity index (χ1n) is 4.92. The third kappa shape index (κ3) is 2.25. The van der Waals surface area contributed by atoms with E-state index in [-0.39, 0.29) is 17.9 Å². The molecule has 90 valence electrons. The van der Waals surface area contributed by atoms with Gasteiger partial charge in [0.25, 0.3) is 0 Å². The fraction of sp³-hybridized carbons (Fsp3) is 0.400. The van der Waals surface area contributed by atoms with Crippen LogP contribution in [0.5, 0.6) is 0 Å². The Bertz CT molecular complexity index is 447. The Labute approximate surface area is 97.6 Å². The van der Waals surface area contributed by atoms with Gasteiger partial charge < -0.3 is 10.1 Å². The summed E-state index contributed by atoms with van der Waals surface area (Å²) in [7, 11) is 1.11. The number of methoxy groups -OCH3 is 1. The van der Waals surface area contributed by atoms with Crippen molar-refractivity contribution in [2.24, 2.45) is 0 Å². The van der Waals surface area contributed by atoms with Crippen molar-refractivity contribution in [2.45, 2.75) is 13.3 Å². The first-order chi connectivity index (χ1) is 8.06. The first kappa shape index (κ1) is 12.7. The van der Waals surface area contributed by atoms with Crippen molar-refractivity contribution in [2.75, 3.05) is 13.7 Å². The highest BCUT2D eigenvalue weighted by Crippen LogP contribution is 2.15. The molecule has 2 amide bonds. The number of carbonyl (C=O) groups is 3. The van der Waals surface area contributed by atoms with Crippen molar-refractivity contribution in [1.29, 1.82) is 5.26 Å². The van der Waals surface area contributed by atoms with E-state index < -0.39 is 17.8 Å². The van der Waals surface area contributed by atoms with E-state index in [4.69, 9.17) is 5.26 Å². The Morgan fingerprint density at radius 3 is 2.65 bits per heavy atom. The van der Waals surface area contributed by atoms with Crippen molar-refractivity contribution in [3.63, 3.8) is 0 Å². The summed E-state index contributed by atoms with van der Waals surface area (Å²) in [4.78, 5) is 35.0. The molecule has 7 heteroatoms. The fourth-order valence-corrected chi connectivity index (χ4v) is 1.38. The molecule has 0 aromatic rings. The first-order valence-corrected chi connectivity index (χ1v) is 4.92. The summed E-state index contributed by atoms with van der Waals surface area (Å²) in [6, 6.07) is 1.62. The standard InChI is InChI=1S/C10H11N3O4/c1-3-4-13-7(12-8(14)9(13)15)6(5-11)10(16)17-2/h3-4H2,1-2H3,(H,12,14)/b7-6+. The van der Waals surface area contributed by atoms with Crippen LogP contribution in [0.3, 0.4) is 0 Å². The zero-order valence-corrected chi connectivity index (χ0v) is 9.44. The van der Waals surface area contributed by atoms with Crippen LogP contribution in [0.2, 0.25) is 0 Å². The van der Waals surface area contributed by atoms with Crippen molar-refractivity contribution >= 4 is 17.8 Å². The van der Waals surface area contributed by atoms with Crippen molar-refractivity contribution in [3.05, 3.63) is 11.4 Å². The lowest BCUT2D eigenvalue weighted by Crippen LogP contribution is -2.28. The second-order valence-electron chi connectivity index (χ2n) is 3.24. The summed E-state index contributed by atoms with van der Waals surface area (Å²) in [6.07, 6.45) is 0.587. The summed E-state index contributed by atoms with van der Waals surface area (Å²) >= 11 is 0. The lowest BCUT2D eigenvalue weighted by atomic mass is 10.2. The zero-order chi connectivity index (χ0) is 13.0. The fourth-order valence-electron chi connectivity index (χ4n) is 1.38. The predicted octanol–water partition coefficient (Wildman–Crippen LogP) is -0.737. The number of hydrogen-bond acceptors (Lipinski definition) is 5. The summed E-state index contributed by atoms with van der Waals surface area (Å²) in [5, 5.41) is 11.0. The van der Waals surface area contributed by atoms with E-state index in [1.165, 1.54) is 0 Å². The van der Waals surface area contributed by atoms with Gasteiger partial charge in [-0.05, 0) is 6.42 Å². The van der Waals surface area contributed by atoms with E-state index in [2.05, 4.69) is 10.1 Å². The van der Waals surface area contributed by atoms with Gasteiger partial charge in [0.05, 0.1) is 7.11 Å².